The highest BCUT2D eigenvalue weighted by Crippen LogP contribution is 2.45. The van der Waals surface area contributed by atoms with Gasteiger partial charge in [-0.2, -0.15) is 0 Å². The number of hydrogen-bond donors (Lipinski definition) is 0. The van der Waals surface area contributed by atoms with E-state index in [0.717, 1.165) is 24.0 Å². The molecule has 0 N–H and O–H groups in total. The van der Waals surface area contributed by atoms with E-state index in [2.05, 4.69) is 0 Å². The normalized spacial score (nSPS) is 22.2. The van der Waals surface area contributed by atoms with Crippen molar-refractivity contribution >= 4 is 23.6 Å². The lowest BCUT2D eigenvalue weighted by Gasteiger charge is -2.37. The van der Waals surface area contributed by atoms with Crippen LogP contribution >= 0.6 is 0 Å². The molecule has 0 spiro atoms. The summed E-state index contributed by atoms with van der Waals surface area (Å²) >= 11 is 0. The summed E-state index contributed by atoms with van der Waals surface area (Å²) in [6.07, 6.45) is 1.64. The molecular weight excluding hydrogens is 458 g/mol. The molecule has 0 aromatic heterocycles. The number of nitrogens with zero attached hydrogens (tertiary/aromatic N) is 3. The minimum Gasteiger partial charge on any atom is -0.497 e. The Kier molecular flexibility index (Phi) is 6.28. The van der Waals surface area contributed by atoms with Crippen LogP contribution < -0.4 is 4.74 Å². The van der Waals surface area contributed by atoms with E-state index in [-0.39, 0.29) is 42.5 Å². The minimum absolute atomic E-state index is 0.0227. The van der Waals surface area contributed by atoms with E-state index in [9.17, 15) is 19.2 Å². The van der Waals surface area contributed by atoms with Gasteiger partial charge in [0, 0.05) is 50.6 Å². The van der Waals surface area contributed by atoms with E-state index < -0.39 is 5.41 Å². The summed E-state index contributed by atoms with van der Waals surface area (Å²) in [5.41, 5.74) is 1.06. The molecule has 2 heterocycles. The molecule has 8 nitrogen and oxygen atoms in total. The van der Waals surface area contributed by atoms with Gasteiger partial charge in [-0.15, -0.1) is 0 Å². The molecule has 2 saturated heterocycles. The van der Waals surface area contributed by atoms with Crippen LogP contribution in [0.3, 0.4) is 0 Å². The highest BCUT2D eigenvalue weighted by Gasteiger charge is 2.57. The summed E-state index contributed by atoms with van der Waals surface area (Å²) in [6.45, 7) is 3.52. The summed E-state index contributed by atoms with van der Waals surface area (Å²) in [6, 6.07) is 14.5. The maximum absolute atomic E-state index is 13.7. The van der Waals surface area contributed by atoms with Gasteiger partial charge in [-0.05, 0) is 55.2 Å². The molecule has 1 aliphatic carbocycles. The van der Waals surface area contributed by atoms with Crippen LogP contribution in [0.2, 0.25) is 0 Å². The predicted molar refractivity (Wildman–Crippen MR) is 132 cm³/mol. The molecule has 0 unspecified atom stereocenters. The molecule has 1 atom stereocenters. The number of methoxy groups -OCH3 is 1. The highest BCUT2D eigenvalue weighted by atomic mass is 16.5. The average Bonchev–Trinajstić information content (AvgIpc) is 3.69. The van der Waals surface area contributed by atoms with E-state index in [1.807, 2.05) is 31.2 Å². The van der Waals surface area contributed by atoms with Crippen molar-refractivity contribution < 1.29 is 23.9 Å². The molecule has 3 fully saturated rings. The molecule has 3 aliphatic rings. The molecule has 1 saturated carbocycles. The van der Waals surface area contributed by atoms with Crippen molar-refractivity contribution in [1.29, 1.82) is 0 Å². The summed E-state index contributed by atoms with van der Waals surface area (Å²) in [5, 5.41) is 0. The molecule has 4 amide bonds. The number of carbonyl (C=O) groups excluding carboxylic acids is 4. The monoisotopic (exact) mass is 489 g/mol. The van der Waals surface area contributed by atoms with Crippen LogP contribution in [0.1, 0.15) is 47.2 Å². The van der Waals surface area contributed by atoms with Gasteiger partial charge >= 0.3 is 0 Å². The molecule has 2 aromatic rings. The molecule has 0 radical (unpaired) electrons. The molecule has 8 heteroatoms. The van der Waals surface area contributed by atoms with Crippen LogP contribution in [-0.2, 0) is 19.8 Å². The van der Waals surface area contributed by atoms with Gasteiger partial charge in [-0.25, -0.2) is 0 Å². The van der Waals surface area contributed by atoms with Gasteiger partial charge in [0.15, 0.2) is 0 Å². The Labute approximate surface area is 210 Å². The molecule has 0 bridgehead atoms. The van der Waals surface area contributed by atoms with Crippen LogP contribution in [0, 0.1) is 6.92 Å². The number of aryl methyl sites for hydroxylation is 1. The number of piperazine rings is 1. The van der Waals surface area contributed by atoms with Gasteiger partial charge < -0.3 is 14.5 Å². The average molecular weight is 490 g/mol. The van der Waals surface area contributed by atoms with Crippen LogP contribution in [0.25, 0.3) is 0 Å². The quantitative estimate of drug-likeness (QED) is 0.582. The Morgan fingerprint density at radius 2 is 1.58 bits per heavy atom. The van der Waals surface area contributed by atoms with Crippen molar-refractivity contribution in [3.63, 3.8) is 0 Å². The molecule has 5 rings (SSSR count). The number of carbonyl (C=O) groups is 4. The van der Waals surface area contributed by atoms with Crippen molar-refractivity contribution in [1.82, 2.24) is 14.7 Å². The van der Waals surface area contributed by atoms with Crippen LogP contribution in [-0.4, -0.2) is 77.7 Å². The highest BCUT2D eigenvalue weighted by molar-refractivity contribution is 6.11. The number of amides is 4. The van der Waals surface area contributed by atoms with E-state index in [1.54, 1.807) is 41.2 Å². The molecule has 36 heavy (non-hydrogen) atoms. The number of ether oxygens (including phenoxy) is 1. The van der Waals surface area contributed by atoms with Gasteiger partial charge in [0.1, 0.15) is 5.75 Å². The van der Waals surface area contributed by atoms with Gasteiger partial charge in [0.05, 0.1) is 12.5 Å². The second-order valence-corrected chi connectivity index (χ2v) is 9.95. The first-order chi connectivity index (χ1) is 17.3. The van der Waals surface area contributed by atoms with Crippen molar-refractivity contribution in [2.45, 2.75) is 44.1 Å². The van der Waals surface area contributed by atoms with Crippen LogP contribution in [0.5, 0.6) is 5.75 Å². The topological polar surface area (TPSA) is 87.2 Å². The van der Waals surface area contributed by atoms with E-state index in [0.29, 0.717) is 37.5 Å². The Balaban J connectivity index is 1.30. The Morgan fingerprint density at radius 1 is 0.944 bits per heavy atom. The summed E-state index contributed by atoms with van der Waals surface area (Å²) in [4.78, 5) is 58.0. The van der Waals surface area contributed by atoms with Crippen molar-refractivity contribution in [2.24, 2.45) is 0 Å². The fourth-order valence-electron chi connectivity index (χ4n) is 5.46. The summed E-state index contributed by atoms with van der Waals surface area (Å²) in [7, 11) is 1.58. The van der Waals surface area contributed by atoms with E-state index >= 15 is 0 Å². The van der Waals surface area contributed by atoms with Gasteiger partial charge in [-0.3, -0.25) is 24.1 Å². The number of likely N-dealkylation sites (tertiary alicyclic amines) is 1. The maximum atomic E-state index is 13.7. The second kappa shape index (κ2) is 9.41. The fourth-order valence-corrected chi connectivity index (χ4v) is 5.46. The zero-order valence-electron chi connectivity index (χ0n) is 20.7. The summed E-state index contributed by atoms with van der Waals surface area (Å²) < 4.78 is 5.16. The predicted octanol–water partition coefficient (Wildman–Crippen LogP) is 2.54. The lowest BCUT2D eigenvalue weighted by Crippen LogP contribution is -2.52. The van der Waals surface area contributed by atoms with Crippen molar-refractivity contribution in [3.8, 4) is 5.75 Å². The number of imide groups is 1. The smallest absolute Gasteiger partial charge is 0.253 e. The molecular formula is C28H31N3O5. The number of hydrogen-bond acceptors (Lipinski definition) is 5. The third-order valence-corrected chi connectivity index (χ3v) is 7.63. The first kappa shape index (κ1) is 24.0. The van der Waals surface area contributed by atoms with Crippen molar-refractivity contribution in [2.75, 3.05) is 33.3 Å². The molecule has 188 valence electrons. The van der Waals surface area contributed by atoms with Gasteiger partial charge in [-0.1, -0.05) is 24.3 Å². The third kappa shape index (κ3) is 4.25. The van der Waals surface area contributed by atoms with Crippen LogP contribution in [0.4, 0.5) is 0 Å². The molecule has 2 aliphatic heterocycles. The molecule has 2 aromatic carbocycles. The lowest BCUT2D eigenvalue weighted by atomic mass is 9.74. The zero-order chi connectivity index (χ0) is 25.4. The lowest BCUT2D eigenvalue weighted by molar-refractivity contribution is -0.143. The standard InChI is InChI=1S/C28H31N3O5/c1-19-5-3-4-6-23(19)28(18-25(33)31(27(28)35)21-9-10-21)17-24(32)29-13-15-30(16-14-29)26(34)20-7-11-22(36-2)12-8-20/h3-8,11-12,21H,9-10,13-18H2,1-2H3/t28-/m1/s1. The SMILES string of the molecule is COc1ccc(C(=O)N2CCN(C(=O)C[C@]3(c4ccccc4C)CC(=O)N(C4CC4)C3=O)CC2)cc1. The minimum atomic E-state index is -1.17. The first-order valence-electron chi connectivity index (χ1n) is 12.5. The van der Waals surface area contributed by atoms with Crippen LogP contribution in [0.15, 0.2) is 48.5 Å². The van der Waals surface area contributed by atoms with E-state index in [1.165, 1.54) is 4.90 Å². The Hall–Kier alpha value is -3.68. The maximum Gasteiger partial charge on any atom is 0.253 e. The van der Waals surface area contributed by atoms with Gasteiger partial charge in [0.2, 0.25) is 17.7 Å². The first-order valence-corrected chi connectivity index (χ1v) is 12.5. The van der Waals surface area contributed by atoms with Gasteiger partial charge in [0.25, 0.3) is 5.91 Å². The third-order valence-electron chi connectivity index (χ3n) is 7.63. The second-order valence-electron chi connectivity index (χ2n) is 9.95. The number of benzene rings is 2. The summed E-state index contributed by atoms with van der Waals surface area (Å²) in [5.74, 6) is 0.00976. The Morgan fingerprint density at radius 3 is 2.19 bits per heavy atom. The fraction of sp³-hybridized carbons (Fsp3) is 0.429. The Bertz CT molecular complexity index is 1200. The van der Waals surface area contributed by atoms with E-state index in [4.69, 9.17) is 4.74 Å². The number of rotatable bonds is 6. The zero-order valence-corrected chi connectivity index (χ0v) is 20.7. The van der Waals surface area contributed by atoms with Crippen molar-refractivity contribution in [3.05, 3.63) is 65.2 Å². The largest absolute Gasteiger partial charge is 0.497 e.